The van der Waals surface area contributed by atoms with Crippen molar-refractivity contribution in [2.24, 2.45) is 0 Å². The van der Waals surface area contributed by atoms with E-state index >= 15 is 0 Å². The Bertz CT molecular complexity index is 580. The SMILES string of the molecule is CN(CC(=O)NC1CCCCNC1=O)Cc1ccc(F)cc1F. The summed E-state index contributed by atoms with van der Waals surface area (Å²) in [4.78, 5) is 25.4. The zero-order valence-corrected chi connectivity index (χ0v) is 13.1. The molecule has 1 saturated heterocycles. The molecule has 1 aliphatic heterocycles. The van der Waals surface area contributed by atoms with E-state index in [9.17, 15) is 18.4 Å². The zero-order chi connectivity index (χ0) is 16.8. The maximum Gasteiger partial charge on any atom is 0.242 e. The van der Waals surface area contributed by atoms with Gasteiger partial charge in [-0.15, -0.1) is 0 Å². The summed E-state index contributed by atoms with van der Waals surface area (Å²) in [6.45, 7) is 0.839. The molecule has 5 nitrogen and oxygen atoms in total. The maximum atomic E-state index is 13.6. The van der Waals surface area contributed by atoms with E-state index in [1.165, 1.54) is 12.1 Å². The highest BCUT2D eigenvalue weighted by atomic mass is 19.1. The van der Waals surface area contributed by atoms with Crippen LogP contribution in [-0.2, 0) is 16.1 Å². The Labute approximate surface area is 134 Å². The first-order chi connectivity index (χ1) is 11.0. The van der Waals surface area contributed by atoms with Crippen LogP contribution in [0.1, 0.15) is 24.8 Å². The molecule has 0 radical (unpaired) electrons. The van der Waals surface area contributed by atoms with Gasteiger partial charge in [-0.2, -0.15) is 0 Å². The van der Waals surface area contributed by atoms with Crippen LogP contribution in [0, 0.1) is 11.6 Å². The average Bonchev–Trinajstić information content (AvgIpc) is 2.67. The third-order valence-electron chi connectivity index (χ3n) is 3.74. The number of halogens is 2. The predicted octanol–water partition coefficient (Wildman–Crippen LogP) is 1.18. The van der Waals surface area contributed by atoms with Gasteiger partial charge in [0.15, 0.2) is 0 Å². The second-order valence-corrected chi connectivity index (χ2v) is 5.81. The Morgan fingerprint density at radius 1 is 1.39 bits per heavy atom. The average molecular weight is 325 g/mol. The molecule has 2 N–H and O–H groups in total. The minimum absolute atomic E-state index is 0.0284. The number of carbonyl (C=O) groups is 2. The van der Waals surface area contributed by atoms with Crippen LogP contribution in [0.25, 0.3) is 0 Å². The van der Waals surface area contributed by atoms with E-state index in [4.69, 9.17) is 0 Å². The van der Waals surface area contributed by atoms with Crippen LogP contribution < -0.4 is 10.6 Å². The molecule has 1 aromatic carbocycles. The predicted molar refractivity (Wildman–Crippen MR) is 81.5 cm³/mol. The summed E-state index contributed by atoms with van der Waals surface area (Å²) in [5.74, 6) is -1.73. The van der Waals surface area contributed by atoms with E-state index in [1.807, 2.05) is 0 Å². The number of hydrogen-bond donors (Lipinski definition) is 2. The molecule has 1 fully saturated rings. The van der Waals surface area contributed by atoms with E-state index in [-0.39, 0.29) is 24.9 Å². The summed E-state index contributed by atoms with van der Waals surface area (Å²) in [5, 5.41) is 5.46. The highest BCUT2D eigenvalue weighted by molar-refractivity contribution is 5.88. The summed E-state index contributed by atoms with van der Waals surface area (Å²) in [7, 11) is 1.66. The summed E-state index contributed by atoms with van der Waals surface area (Å²) < 4.78 is 26.5. The Morgan fingerprint density at radius 2 is 2.17 bits per heavy atom. The van der Waals surface area contributed by atoms with Crippen LogP contribution in [0.2, 0.25) is 0 Å². The van der Waals surface area contributed by atoms with Crippen molar-refractivity contribution in [1.29, 1.82) is 0 Å². The fraction of sp³-hybridized carbons (Fsp3) is 0.500. The Morgan fingerprint density at radius 3 is 2.91 bits per heavy atom. The number of nitrogens with one attached hydrogen (secondary N) is 2. The van der Waals surface area contributed by atoms with Gasteiger partial charge in [0.25, 0.3) is 0 Å². The minimum Gasteiger partial charge on any atom is -0.354 e. The molecule has 1 atom stereocenters. The van der Waals surface area contributed by atoms with Crippen LogP contribution in [-0.4, -0.2) is 42.9 Å². The quantitative estimate of drug-likeness (QED) is 0.855. The molecule has 0 saturated carbocycles. The summed E-state index contributed by atoms with van der Waals surface area (Å²) >= 11 is 0. The Kier molecular flexibility index (Phi) is 6.04. The lowest BCUT2D eigenvalue weighted by Gasteiger charge is -2.20. The largest absolute Gasteiger partial charge is 0.354 e. The summed E-state index contributed by atoms with van der Waals surface area (Å²) in [6.07, 6.45) is 2.40. The summed E-state index contributed by atoms with van der Waals surface area (Å²) in [6, 6.07) is 2.85. The van der Waals surface area contributed by atoms with E-state index in [2.05, 4.69) is 10.6 Å². The molecule has 126 valence electrons. The maximum absolute atomic E-state index is 13.6. The van der Waals surface area contributed by atoms with Gasteiger partial charge in [-0.3, -0.25) is 14.5 Å². The van der Waals surface area contributed by atoms with Crippen molar-refractivity contribution in [3.05, 3.63) is 35.4 Å². The fourth-order valence-electron chi connectivity index (χ4n) is 2.56. The number of benzene rings is 1. The highest BCUT2D eigenvalue weighted by Crippen LogP contribution is 2.11. The minimum atomic E-state index is -0.639. The van der Waals surface area contributed by atoms with Crippen molar-refractivity contribution in [3.63, 3.8) is 0 Å². The molecule has 0 aromatic heterocycles. The first-order valence-corrected chi connectivity index (χ1v) is 7.65. The molecule has 1 aliphatic rings. The molecule has 2 rings (SSSR count). The van der Waals surface area contributed by atoms with Crippen molar-refractivity contribution >= 4 is 11.8 Å². The van der Waals surface area contributed by atoms with Gasteiger partial charge in [-0.25, -0.2) is 8.78 Å². The fourth-order valence-corrected chi connectivity index (χ4v) is 2.56. The molecule has 0 aliphatic carbocycles. The van der Waals surface area contributed by atoms with E-state index in [0.29, 0.717) is 18.5 Å². The van der Waals surface area contributed by atoms with Gasteiger partial charge in [-0.05, 0) is 32.4 Å². The molecule has 1 unspecified atom stereocenters. The van der Waals surface area contributed by atoms with Crippen LogP contribution in [0.5, 0.6) is 0 Å². The van der Waals surface area contributed by atoms with E-state index in [0.717, 1.165) is 18.9 Å². The Hall–Kier alpha value is -2.02. The second kappa shape index (κ2) is 8.01. The Balaban J connectivity index is 1.85. The topological polar surface area (TPSA) is 61.4 Å². The third kappa shape index (κ3) is 5.28. The molecule has 7 heteroatoms. The molecule has 23 heavy (non-hydrogen) atoms. The molecule has 2 amide bonds. The standard InChI is InChI=1S/C16H21F2N3O2/c1-21(9-11-5-6-12(17)8-13(11)18)10-15(22)20-14-4-2-3-7-19-16(14)23/h5-6,8,14H,2-4,7,9-10H2,1H3,(H,19,23)(H,20,22). The molecular weight excluding hydrogens is 304 g/mol. The first kappa shape index (κ1) is 17.3. The molecular formula is C16H21F2N3O2. The molecule has 1 heterocycles. The van der Waals surface area contributed by atoms with Crippen molar-refractivity contribution < 1.29 is 18.4 Å². The number of likely N-dealkylation sites (N-methyl/N-ethyl adjacent to an activating group) is 1. The summed E-state index contributed by atoms with van der Waals surface area (Å²) in [5.41, 5.74) is 0.314. The van der Waals surface area contributed by atoms with Gasteiger partial charge in [0.2, 0.25) is 11.8 Å². The lowest BCUT2D eigenvalue weighted by Crippen LogP contribution is -2.48. The lowest BCUT2D eigenvalue weighted by atomic mass is 10.1. The van der Waals surface area contributed by atoms with Crippen LogP contribution >= 0.6 is 0 Å². The van der Waals surface area contributed by atoms with Crippen molar-refractivity contribution in [1.82, 2.24) is 15.5 Å². The van der Waals surface area contributed by atoms with Gasteiger partial charge in [0.1, 0.15) is 17.7 Å². The van der Waals surface area contributed by atoms with Crippen molar-refractivity contribution in [3.8, 4) is 0 Å². The monoisotopic (exact) mass is 325 g/mol. The number of nitrogens with zero attached hydrogens (tertiary/aromatic N) is 1. The number of carbonyl (C=O) groups excluding carboxylic acids is 2. The normalized spacial score (nSPS) is 18.4. The second-order valence-electron chi connectivity index (χ2n) is 5.81. The first-order valence-electron chi connectivity index (χ1n) is 7.65. The van der Waals surface area contributed by atoms with Gasteiger partial charge < -0.3 is 10.6 Å². The van der Waals surface area contributed by atoms with Gasteiger partial charge in [0, 0.05) is 24.7 Å². The van der Waals surface area contributed by atoms with E-state index in [1.54, 1.807) is 11.9 Å². The number of amides is 2. The van der Waals surface area contributed by atoms with Crippen molar-refractivity contribution in [2.45, 2.75) is 31.8 Å². The van der Waals surface area contributed by atoms with E-state index < -0.39 is 17.7 Å². The third-order valence-corrected chi connectivity index (χ3v) is 3.74. The molecule has 1 aromatic rings. The van der Waals surface area contributed by atoms with Crippen molar-refractivity contribution in [2.75, 3.05) is 20.1 Å². The van der Waals surface area contributed by atoms with Crippen LogP contribution in [0.15, 0.2) is 18.2 Å². The van der Waals surface area contributed by atoms with Gasteiger partial charge in [-0.1, -0.05) is 6.07 Å². The lowest BCUT2D eigenvalue weighted by molar-refractivity contribution is -0.129. The zero-order valence-electron chi connectivity index (χ0n) is 13.1. The molecule has 0 spiro atoms. The van der Waals surface area contributed by atoms with Crippen LogP contribution in [0.3, 0.4) is 0 Å². The highest BCUT2D eigenvalue weighted by Gasteiger charge is 2.22. The number of rotatable bonds is 5. The number of hydrogen-bond acceptors (Lipinski definition) is 3. The molecule has 0 bridgehead atoms. The van der Waals surface area contributed by atoms with Crippen LogP contribution in [0.4, 0.5) is 8.78 Å². The smallest absolute Gasteiger partial charge is 0.242 e. The van der Waals surface area contributed by atoms with Gasteiger partial charge >= 0.3 is 0 Å². The van der Waals surface area contributed by atoms with Gasteiger partial charge in [0.05, 0.1) is 6.54 Å².